The monoisotopic (exact) mass is 277 g/mol. The molecule has 0 saturated carbocycles. The molecule has 0 spiro atoms. The van der Waals surface area contributed by atoms with Gasteiger partial charge in [-0.25, -0.2) is 0 Å². The second-order valence-electron chi connectivity index (χ2n) is 3.89. The topological polar surface area (TPSA) is 74.0 Å². The number of benzene rings is 1. The molecular weight excluding hydrogens is 266 g/mol. The number of rotatable bonds is 3. The zero-order chi connectivity index (χ0) is 13.7. The fourth-order valence-corrected chi connectivity index (χ4v) is 1.62. The Labute approximate surface area is 114 Å². The van der Waals surface area contributed by atoms with Crippen LogP contribution in [0.5, 0.6) is 0 Å². The maximum Gasteiger partial charge on any atom is 0.286 e. The minimum Gasteiger partial charge on any atom is -0.357 e. The van der Waals surface area contributed by atoms with Gasteiger partial charge < -0.3 is 4.98 Å². The van der Waals surface area contributed by atoms with Crippen molar-refractivity contribution in [3.8, 4) is 0 Å². The van der Waals surface area contributed by atoms with E-state index < -0.39 is 5.91 Å². The molecule has 1 heterocycles. The second kappa shape index (κ2) is 6.06. The molecule has 2 rings (SSSR count). The fraction of sp³-hybridized carbons (Fsp3) is 0.0769. The molecule has 0 radical (unpaired) electrons. The maximum absolute atomic E-state index is 11.6. The first-order valence-corrected chi connectivity index (χ1v) is 6.00. The lowest BCUT2D eigenvalue weighted by Gasteiger charge is -2.06. The van der Waals surface area contributed by atoms with Gasteiger partial charge >= 0.3 is 0 Å². The third kappa shape index (κ3) is 3.86. The van der Waals surface area contributed by atoms with Crippen molar-refractivity contribution in [1.29, 1.82) is 0 Å². The Kier molecular flexibility index (Phi) is 4.20. The summed E-state index contributed by atoms with van der Waals surface area (Å²) in [6, 6.07) is 10.2. The molecule has 0 aliphatic heterocycles. The molecule has 0 aliphatic carbocycles. The second-order valence-corrected chi connectivity index (χ2v) is 4.33. The summed E-state index contributed by atoms with van der Waals surface area (Å²) in [6.45, 7) is 0. The highest BCUT2D eigenvalue weighted by Crippen LogP contribution is 2.09. The molecule has 2 aromatic rings. The van der Waals surface area contributed by atoms with Crippen LogP contribution in [-0.2, 0) is 11.2 Å². The smallest absolute Gasteiger partial charge is 0.286 e. The molecule has 3 N–H and O–H groups in total. The summed E-state index contributed by atoms with van der Waals surface area (Å²) in [5, 5.41) is 0.615. The van der Waals surface area contributed by atoms with Crippen molar-refractivity contribution >= 4 is 23.4 Å². The van der Waals surface area contributed by atoms with Crippen LogP contribution in [0.4, 0.5) is 0 Å². The zero-order valence-corrected chi connectivity index (χ0v) is 10.7. The average molecular weight is 278 g/mol. The zero-order valence-electron chi connectivity index (χ0n) is 9.94. The highest BCUT2D eigenvalue weighted by molar-refractivity contribution is 6.30. The van der Waals surface area contributed by atoms with E-state index in [1.165, 1.54) is 0 Å². The van der Waals surface area contributed by atoms with Gasteiger partial charge in [-0.1, -0.05) is 23.7 Å². The average Bonchev–Trinajstić information content (AvgIpc) is 2.93. The number of H-pyrrole nitrogens is 1. The number of aromatic amines is 1. The Morgan fingerprint density at radius 2 is 1.84 bits per heavy atom. The number of hydrogen-bond donors (Lipinski definition) is 3. The number of carbonyl (C=O) groups is 2. The van der Waals surface area contributed by atoms with Crippen molar-refractivity contribution in [1.82, 2.24) is 15.8 Å². The van der Waals surface area contributed by atoms with Crippen molar-refractivity contribution in [2.24, 2.45) is 0 Å². The van der Waals surface area contributed by atoms with Gasteiger partial charge in [0, 0.05) is 11.2 Å². The normalized spacial score (nSPS) is 9.95. The number of hydrogen-bond acceptors (Lipinski definition) is 2. The van der Waals surface area contributed by atoms with E-state index in [0.29, 0.717) is 10.7 Å². The molecule has 0 aliphatic rings. The van der Waals surface area contributed by atoms with Crippen LogP contribution in [0.15, 0.2) is 42.6 Å². The molecule has 6 heteroatoms. The van der Waals surface area contributed by atoms with Crippen molar-refractivity contribution in [3.05, 3.63) is 58.9 Å². The molecule has 0 fully saturated rings. The lowest BCUT2D eigenvalue weighted by Crippen LogP contribution is -2.42. The minimum atomic E-state index is -0.394. The van der Waals surface area contributed by atoms with Crippen molar-refractivity contribution < 1.29 is 9.59 Å². The molecule has 19 heavy (non-hydrogen) atoms. The van der Waals surface area contributed by atoms with Crippen molar-refractivity contribution in [2.45, 2.75) is 6.42 Å². The Morgan fingerprint density at radius 1 is 1.11 bits per heavy atom. The largest absolute Gasteiger partial charge is 0.357 e. The number of carbonyl (C=O) groups excluding carboxylic acids is 2. The molecule has 0 unspecified atom stereocenters. The Balaban J connectivity index is 1.82. The molecule has 98 valence electrons. The lowest BCUT2D eigenvalue weighted by molar-refractivity contribution is -0.121. The Hall–Kier alpha value is -2.27. The number of halogens is 1. The SMILES string of the molecule is O=C(Cc1ccc(Cl)cc1)NNC(=O)c1ccc[nH]1. The van der Waals surface area contributed by atoms with E-state index in [2.05, 4.69) is 15.8 Å². The van der Waals surface area contributed by atoms with Gasteiger partial charge in [-0.3, -0.25) is 20.4 Å². The van der Waals surface area contributed by atoms with Gasteiger partial charge in [0.05, 0.1) is 6.42 Å². The number of aromatic nitrogens is 1. The lowest BCUT2D eigenvalue weighted by atomic mass is 10.1. The van der Waals surface area contributed by atoms with Crippen LogP contribution in [0.1, 0.15) is 16.1 Å². The van der Waals surface area contributed by atoms with Crippen LogP contribution in [0.2, 0.25) is 5.02 Å². The number of hydrazine groups is 1. The van der Waals surface area contributed by atoms with E-state index in [9.17, 15) is 9.59 Å². The van der Waals surface area contributed by atoms with Crippen molar-refractivity contribution in [2.75, 3.05) is 0 Å². The summed E-state index contributed by atoms with van der Waals surface area (Å²) in [4.78, 5) is 25.9. The van der Waals surface area contributed by atoms with Crippen LogP contribution in [0, 0.1) is 0 Å². The van der Waals surface area contributed by atoms with E-state index in [1.54, 1.807) is 42.6 Å². The highest BCUT2D eigenvalue weighted by atomic mass is 35.5. The van der Waals surface area contributed by atoms with Gasteiger partial charge in [0.2, 0.25) is 5.91 Å². The van der Waals surface area contributed by atoms with Gasteiger partial charge in [-0.15, -0.1) is 0 Å². The molecular formula is C13H12ClN3O2. The third-order valence-electron chi connectivity index (χ3n) is 2.44. The standard InChI is InChI=1S/C13H12ClN3O2/c14-10-5-3-9(4-6-10)8-12(18)16-17-13(19)11-2-1-7-15-11/h1-7,15H,8H2,(H,16,18)(H,17,19). The van der Waals surface area contributed by atoms with E-state index in [4.69, 9.17) is 11.6 Å². The third-order valence-corrected chi connectivity index (χ3v) is 2.69. The van der Waals surface area contributed by atoms with Crippen LogP contribution in [-0.4, -0.2) is 16.8 Å². The Bertz CT molecular complexity index is 564. The number of amides is 2. The predicted molar refractivity (Wildman–Crippen MR) is 71.6 cm³/mol. The molecule has 1 aromatic carbocycles. The first-order valence-electron chi connectivity index (χ1n) is 5.62. The molecule has 0 bridgehead atoms. The summed E-state index contributed by atoms with van der Waals surface area (Å²) < 4.78 is 0. The highest BCUT2D eigenvalue weighted by Gasteiger charge is 2.08. The van der Waals surface area contributed by atoms with Gasteiger partial charge in [-0.05, 0) is 29.8 Å². The number of nitrogens with one attached hydrogen (secondary N) is 3. The van der Waals surface area contributed by atoms with Gasteiger partial charge in [-0.2, -0.15) is 0 Å². The molecule has 1 aromatic heterocycles. The predicted octanol–water partition coefficient (Wildman–Crippen LogP) is 1.67. The van der Waals surface area contributed by atoms with E-state index in [-0.39, 0.29) is 12.3 Å². The summed E-state index contributed by atoms with van der Waals surface area (Å²) >= 11 is 5.75. The van der Waals surface area contributed by atoms with Gasteiger partial charge in [0.1, 0.15) is 5.69 Å². The summed E-state index contributed by atoms with van der Waals surface area (Å²) in [7, 11) is 0. The molecule has 2 amide bonds. The summed E-state index contributed by atoms with van der Waals surface area (Å²) in [5.41, 5.74) is 5.86. The first kappa shape index (κ1) is 13.2. The van der Waals surface area contributed by atoms with Crippen LogP contribution in [0.3, 0.4) is 0 Å². The molecule has 0 atom stereocenters. The van der Waals surface area contributed by atoms with E-state index in [0.717, 1.165) is 5.56 Å². The quantitative estimate of drug-likeness (QED) is 0.747. The van der Waals surface area contributed by atoms with Gasteiger partial charge in [0.15, 0.2) is 0 Å². The summed E-state index contributed by atoms with van der Waals surface area (Å²) in [5.74, 6) is -0.698. The van der Waals surface area contributed by atoms with E-state index in [1.807, 2.05) is 0 Å². The summed E-state index contributed by atoms with van der Waals surface area (Å²) in [6.07, 6.45) is 1.80. The first-order chi connectivity index (χ1) is 9.15. The fourth-order valence-electron chi connectivity index (χ4n) is 1.50. The van der Waals surface area contributed by atoms with Crippen LogP contribution >= 0.6 is 11.6 Å². The van der Waals surface area contributed by atoms with Crippen molar-refractivity contribution in [3.63, 3.8) is 0 Å². The Morgan fingerprint density at radius 3 is 2.47 bits per heavy atom. The maximum atomic E-state index is 11.6. The molecule has 0 saturated heterocycles. The van der Waals surface area contributed by atoms with Crippen LogP contribution in [0.25, 0.3) is 0 Å². The minimum absolute atomic E-state index is 0.169. The molecule has 5 nitrogen and oxygen atoms in total. The van der Waals surface area contributed by atoms with E-state index >= 15 is 0 Å². The van der Waals surface area contributed by atoms with Crippen LogP contribution < -0.4 is 10.9 Å². The van der Waals surface area contributed by atoms with Gasteiger partial charge in [0.25, 0.3) is 5.91 Å².